The molecule has 0 saturated heterocycles. The van der Waals surface area contributed by atoms with Crippen LogP contribution in [0.25, 0.3) is 10.9 Å². The number of fused-ring (bicyclic) bond motifs is 1. The van der Waals surface area contributed by atoms with Gasteiger partial charge in [0.15, 0.2) is 0 Å². The van der Waals surface area contributed by atoms with Gasteiger partial charge in [-0.15, -0.1) is 0 Å². The number of halogens is 1. The molecule has 0 aliphatic carbocycles. The van der Waals surface area contributed by atoms with Crippen molar-refractivity contribution < 1.29 is 13.9 Å². The normalized spacial score (nSPS) is 10.7. The van der Waals surface area contributed by atoms with Crippen molar-refractivity contribution in [1.82, 2.24) is 9.88 Å². The molecule has 1 aromatic heterocycles. The Hall–Kier alpha value is -2.82. The van der Waals surface area contributed by atoms with Crippen molar-refractivity contribution in [3.63, 3.8) is 0 Å². The number of nitrogens with zero attached hydrogens (tertiary/aromatic N) is 1. The molecule has 1 amide bonds. The van der Waals surface area contributed by atoms with E-state index >= 15 is 0 Å². The Morgan fingerprint density at radius 1 is 1.17 bits per heavy atom. The average Bonchev–Trinajstić information content (AvgIpc) is 2.97. The molecule has 118 valence electrons. The van der Waals surface area contributed by atoms with Gasteiger partial charge in [0.05, 0.1) is 12.6 Å². The first-order valence-corrected chi connectivity index (χ1v) is 7.30. The first-order chi connectivity index (χ1) is 11.2. The summed E-state index contributed by atoms with van der Waals surface area (Å²) in [5, 5.41) is 3.86. The minimum atomic E-state index is -0.286. The van der Waals surface area contributed by atoms with Gasteiger partial charge in [-0.05, 0) is 29.8 Å². The van der Waals surface area contributed by atoms with Crippen molar-refractivity contribution in [2.75, 3.05) is 7.11 Å². The van der Waals surface area contributed by atoms with E-state index in [1.54, 1.807) is 19.2 Å². The summed E-state index contributed by atoms with van der Waals surface area (Å²) in [5.41, 5.74) is 1.75. The number of aromatic nitrogens is 1. The van der Waals surface area contributed by atoms with Gasteiger partial charge >= 0.3 is 0 Å². The van der Waals surface area contributed by atoms with Crippen LogP contribution in [-0.4, -0.2) is 17.6 Å². The first kappa shape index (κ1) is 15.1. The molecule has 0 bridgehead atoms. The number of nitrogens with one attached hydrogen (secondary N) is 1. The molecule has 0 saturated carbocycles. The average molecular weight is 312 g/mol. The fourth-order valence-electron chi connectivity index (χ4n) is 2.54. The van der Waals surface area contributed by atoms with E-state index in [1.807, 2.05) is 35.0 Å². The summed E-state index contributed by atoms with van der Waals surface area (Å²) in [7, 11) is 1.61. The Kier molecular flexibility index (Phi) is 4.28. The second-order valence-electron chi connectivity index (χ2n) is 5.24. The zero-order valence-electron chi connectivity index (χ0n) is 12.8. The summed E-state index contributed by atoms with van der Waals surface area (Å²) >= 11 is 0. The fraction of sp³-hybridized carbons (Fsp3) is 0.167. The summed E-state index contributed by atoms with van der Waals surface area (Å²) in [6, 6.07) is 13.8. The third kappa shape index (κ3) is 3.34. The van der Waals surface area contributed by atoms with Crippen LogP contribution in [0.5, 0.6) is 5.75 Å². The SMILES string of the molecule is COc1cccc2ccn(CC(=O)NCc3ccc(F)cc3)c12. The van der Waals surface area contributed by atoms with Gasteiger partial charge in [-0.1, -0.05) is 24.3 Å². The zero-order chi connectivity index (χ0) is 16.2. The standard InChI is InChI=1S/C18H17FN2O2/c1-23-16-4-2-3-14-9-10-21(18(14)16)12-17(22)20-11-13-5-7-15(19)8-6-13/h2-10H,11-12H2,1H3,(H,20,22). The number of ether oxygens (including phenoxy) is 1. The number of para-hydroxylation sites is 1. The molecule has 23 heavy (non-hydrogen) atoms. The molecule has 1 N–H and O–H groups in total. The molecule has 0 aliphatic rings. The summed E-state index contributed by atoms with van der Waals surface area (Å²) in [5.74, 6) is 0.336. The topological polar surface area (TPSA) is 43.3 Å². The smallest absolute Gasteiger partial charge is 0.240 e. The Bertz CT molecular complexity index is 825. The molecule has 1 heterocycles. The van der Waals surface area contributed by atoms with Crippen molar-refractivity contribution in [2.45, 2.75) is 13.1 Å². The molecule has 0 unspecified atom stereocenters. The number of rotatable bonds is 5. The number of hydrogen-bond acceptors (Lipinski definition) is 2. The molecule has 0 aliphatic heterocycles. The van der Waals surface area contributed by atoms with E-state index < -0.39 is 0 Å². The lowest BCUT2D eigenvalue weighted by Crippen LogP contribution is -2.26. The molecule has 4 nitrogen and oxygen atoms in total. The van der Waals surface area contributed by atoms with E-state index in [9.17, 15) is 9.18 Å². The molecule has 3 rings (SSSR count). The van der Waals surface area contributed by atoms with Crippen molar-refractivity contribution in [1.29, 1.82) is 0 Å². The zero-order valence-corrected chi connectivity index (χ0v) is 12.8. The Morgan fingerprint density at radius 3 is 2.70 bits per heavy atom. The molecule has 0 spiro atoms. The minimum Gasteiger partial charge on any atom is -0.495 e. The quantitative estimate of drug-likeness (QED) is 0.786. The number of amides is 1. The lowest BCUT2D eigenvalue weighted by molar-refractivity contribution is -0.121. The van der Waals surface area contributed by atoms with Crippen molar-refractivity contribution in [3.05, 3.63) is 66.1 Å². The number of carbonyl (C=O) groups excluding carboxylic acids is 1. The van der Waals surface area contributed by atoms with Crippen LogP contribution in [0.1, 0.15) is 5.56 Å². The van der Waals surface area contributed by atoms with Crippen LogP contribution in [-0.2, 0) is 17.9 Å². The van der Waals surface area contributed by atoms with Crippen LogP contribution in [0, 0.1) is 5.82 Å². The van der Waals surface area contributed by atoms with Gasteiger partial charge in [0.2, 0.25) is 5.91 Å². The van der Waals surface area contributed by atoms with Crippen LogP contribution in [0.3, 0.4) is 0 Å². The predicted molar refractivity (Wildman–Crippen MR) is 86.7 cm³/mol. The van der Waals surface area contributed by atoms with E-state index in [4.69, 9.17) is 4.74 Å². The Balaban J connectivity index is 1.69. The highest BCUT2D eigenvalue weighted by atomic mass is 19.1. The van der Waals surface area contributed by atoms with E-state index in [-0.39, 0.29) is 18.3 Å². The molecular formula is C18H17FN2O2. The number of hydrogen-bond donors (Lipinski definition) is 1. The second kappa shape index (κ2) is 6.52. The van der Waals surface area contributed by atoms with E-state index in [2.05, 4.69) is 5.32 Å². The Morgan fingerprint density at radius 2 is 1.96 bits per heavy atom. The molecule has 3 aromatic rings. The van der Waals surface area contributed by atoms with Crippen LogP contribution in [0.4, 0.5) is 4.39 Å². The second-order valence-corrected chi connectivity index (χ2v) is 5.24. The van der Waals surface area contributed by atoms with Gasteiger partial charge < -0.3 is 14.6 Å². The fourth-order valence-corrected chi connectivity index (χ4v) is 2.54. The van der Waals surface area contributed by atoms with Crippen LogP contribution in [0.2, 0.25) is 0 Å². The van der Waals surface area contributed by atoms with E-state index in [1.165, 1.54) is 12.1 Å². The van der Waals surface area contributed by atoms with Crippen molar-refractivity contribution in [3.8, 4) is 5.75 Å². The molecule has 0 radical (unpaired) electrons. The highest BCUT2D eigenvalue weighted by molar-refractivity contribution is 5.87. The summed E-state index contributed by atoms with van der Waals surface area (Å²) in [4.78, 5) is 12.1. The number of benzene rings is 2. The Labute approximate surface area is 133 Å². The van der Waals surface area contributed by atoms with Gasteiger partial charge in [-0.25, -0.2) is 4.39 Å². The van der Waals surface area contributed by atoms with E-state index in [0.29, 0.717) is 6.54 Å². The summed E-state index contributed by atoms with van der Waals surface area (Å²) < 4.78 is 20.1. The highest BCUT2D eigenvalue weighted by Crippen LogP contribution is 2.26. The lowest BCUT2D eigenvalue weighted by Gasteiger charge is -2.10. The third-order valence-electron chi connectivity index (χ3n) is 3.69. The van der Waals surface area contributed by atoms with E-state index in [0.717, 1.165) is 22.2 Å². The number of carbonyl (C=O) groups is 1. The van der Waals surface area contributed by atoms with Crippen molar-refractivity contribution >= 4 is 16.8 Å². The predicted octanol–water partition coefficient (Wildman–Crippen LogP) is 3.11. The van der Waals surface area contributed by atoms with Gasteiger partial charge in [0.25, 0.3) is 0 Å². The molecule has 0 fully saturated rings. The minimum absolute atomic E-state index is 0.113. The largest absolute Gasteiger partial charge is 0.495 e. The molecule has 5 heteroatoms. The maximum absolute atomic E-state index is 12.9. The van der Waals surface area contributed by atoms with Crippen LogP contribution in [0.15, 0.2) is 54.7 Å². The van der Waals surface area contributed by atoms with Crippen LogP contribution >= 0.6 is 0 Å². The van der Waals surface area contributed by atoms with Gasteiger partial charge in [-0.3, -0.25) is 4.79 Å². The monoisotopic (exact) mass is 312 g/mol. The van der Waals surface area contributed by atoms with Crippen LogP contribution < -0.4 is 10.1 Å². The first-order valence-electron chi connectivity index (χ1n) is 7.30. The number of methoxy groups -OCH3 is 1. The summed E-state index contributed by atoms with van der Waals surface area (Å²) in [6.45, 7) is 0.570. The van der Waals surface area contributed by atoms with Crippen molar-refractivity contribution in [2.24, 2.45) is 0 Å². The van der Waals surface area contributed by atoms with Gasteiger partial charge in [0.1, 0.15) is 18.1 Å². The molecule has 2 aromatic carbocycles. The molecular weight excluding hydrogens is 295 g/mol. The highest BCUT2D eigenvalue weighted by Gasteiger charge is 2.10. The third-order valence-corrected chi connectivity index (χ3v) is 3.69. The lowest BCUT2D eigenvalue weighted by atomic mass is 10.2. The maximum atomic E-state index is 12.9. The van der Waals surface area contributed by atoms with Gasteiger partial charge in [0, 0.05) is 18.1 Å². The van der Waals surface area contributed by atoms with Gasteiger partial charge in [-0.2, -0.15) is 0 Å². The summed E-state index contributed by atoms with van der Waals surface area (Å²) in [6.07, 6.45) is 1.87. The molecule has 0 atom stereocenters. The maximum Gasteiger partial charge on any atom is 0.240 e.